The molecule has 3 rings (SSSR count). The van der Waals surface area contributed by atoms with Crippen LogP contribution in [0.5, 0.6) is 0 Å². The minimum Gasteiger partial charge on any atom is -0.228 e. The average molecular weight is 327 g/mol. The molecule has 1 aliphatic heterocycles. The second-order valence-electron chi connectivity index (χ2n) is 5.24. The molecule has 0 atom stereocenters. The molecule has 2 heteroatoms. The highest BCUT2D eigenvalue weighted by Gasteiger charge is 2.24. The number of halogens is 1. The van der Waals surface area contributed by atoms with Crippen LogP contribution in [0.15, 0.2) is 59.1 Å². The van der Waals surface area contributed by atoms with Crippen LogP contribution in [0.3, 0.4) is 0 Å². The van der Waals surface area contributed by atoms with Gasteiger partial charge in [-0.05, 0) is 30.2 Å². The first-order valence-electron chi connectivity index (χ1n) is 6.76. The van der Waals surface area contributed by atoms with E-state index in [0.717, 1.165) is 11.0 Å². The van der Waals surface area contributed by atoms with E-state index in [4.69, 9.17) is 0 Å². The smallest absolute Gasteiger partial charge is 0.208 e. The van der Waals surface area contributed by atoms with Crippen molar-refractivity contribution in [2.45, 2.75) is 13.5 Å². The first-order valence-corrected chi connectivity index (χ1v) is 7.55. The molecule has 0 saturated heterocycles. The van der Waals surface area contributed by atoms with Crippen molar-refractivity contribution < 1.29 is 4.58 Å². The molecule has 1 nitrogen and oxygen atoms in total. The summed E-state index contributed by atoms with van der Waals surface area (Å²) >= 11 is 3.57. The molecule has 100 valence electrons. The van der Waals surface area contributed by atoms with Gasteiger partial charge in [0.15, 0.2) is 6.54 Å². The predicted molar refractivity (Wildman–Crippen MR) is 88.2 cm³/mol. The maximum absolute atomic E-state index is 3.57. The van der Waals surface area contributed by atoms with E-state index in [9.17, 15) is 0 Å². The van der Waals surface area contributed by atoms with Crippen LogP contribution in [0.4, 0.5) is 0 Å². The lowest BCUT2D eigenvalue weighted by Crippen LogP contribution is -2.08. The molecule has 0 aromatic heterocycles. The number of nitrogens with zero attached hydrogens (tertiary/aromatic N) is 1. The van der Waals surface area contributed by atoms with E-state index < -0.39 is 0 Å². The Kier molecular flexibility index (Phi) is 3.58. The molecule has 0 saturated carbocycles. The van der Waals surface area contributed by atoms with Crippen molar-refractivity contribution in [1.82, 2.24) is 0 Å². The monoisotopic (exact) mass is 326 g/mol. The molecule has 1 aliphatic rings. The summed E-state index contributed by atoms with van der Waals surface area (Å²) in [5, 5.41) is 0. The summed E-state index contributed by atoms with van der Waals surface area (Å²) in [6.07, 6.45) is 2.29. The Labute approximate surface area is 128 Å². The van der Waals surface area contributed by atoms with Crippen LogP contribution in [0.1, 0.15) is 23.6 Å². The van der Waals surface area contributed by atoms with Crippen LogP contribution in [0, 0.1) is 0 Å². The first-order chi connectivity index (χ1) is 9.65. The Bertz CT molecular complexity index is 711. The van der Waals surface area contributed by atoms with E-state index in [2.05, 4.69) is 89.1 Å². The molecule has 2 aromatic carbocycles. The van der Waals surface area contributed by atoms with E-state index in [1.165, 1.54) is 28.0 Å². The van der Waals surface area contributed by atoms with Gasteiger partial charge in [-0.25, -0.2) is 4.58 Å². The van der Waals surface area contributed by atoms with Gasteiger partial charge in [-0.15, -0.1) is 0 Å². The number of hydrogen-bond donors (Lipinski definition) is 0. The molecule has 0 amide bonds. The fraction of sp³-hybridized carbons (Fsp3) is 0.167. The third kappa shape index (κ3) is 2.48. The Balaban J connectivity index is 2.04. The maximum atomic E-state index is 3.57. The van der Waals surface area contributed by atoms with Gasteiger partial charge in [-0.3, -0.25) is 0 Å². The minimum absolute atomic E-state index is 0.983. The highest BCUT2D eigenvalue weighted by atomic mass is 79.9. The molecule has 0 unspecified atom stereocenters. The molecule has 1 heterocycles. The van der Waals surface area contributed by atoms with Gasteiger partial charge in [0.1, 0.15) is 7.05 Å². The zero-order valence-corrected chi connectivity index (χ0v) is 13.3. The van der Waals surface area contributed by atoms with Gasteiger partial charge < -0.3 is 0 Å². The standard InChI is InChI=1S/C18H17BrN/c1-13(14-6-4-3-5-7-14)10-18-17-11-16(19)9-8-15(17)12-20(18)2/h3-11H,12H2,1-2H3/q+1/b13-10+. The van der Waals surface area contributed by atoms with Gasteiger partial charge in [-0.1, -0.05) is 52.3 Å². The summed E-state index contributed by atoms with van der Waals surface area (Å²) in [7, 11) is 2.15. The van der Waals surface area contributed by atoms with Crippen LogP contribution in [-0.4, -0.2) is 17.3 Å². The topological polar surface area (TPSA) is 3.01 Å². The van der Waals surface area contributed by atoms with Gasteiger partial charge in [0, 0.05) is 16.1 Å². The maximum Gasteiger partial charge on any atom is 0.208 e. The SMILES string of the molecule is C/C(=C\C1=[N+](C)Cc2ccc(Br)cc21)c1ccccc1. The zero-order valence-electron chi connectivity index (χ0n) is 11.7. The van der Waals surface area contributed by atoms with Crippen molar-refractivity contribution in [1.29, 1.82) is 0 Å². The van der Waals surface area contributed by atoms with Crippen molar-refractivity contribution in [3.63, 3.8) is 0 Å². The summed E-state index contributed by atoms with van der Waals surface area (Å²) in [5.74, 6) is 0. The molecular formula is C18H17BrN+. The fourth-order valence-corrected chi connectivity index (χ4v) is 3.01. The Morgan fingerprint density at radius 3 is 2.65 bits per heavy atom. The van der Waals surface area contributed by atoms with Crippen molar-refractivity contribution in [3.05, 3.63) is 75.8 Å². The van der Waals surface area contributed by atoms with Crippen LogP contribution in [0.25, 0.3) is 5.57 Å². The van der Waals surface area contributed by atoms with Crippen molar-refractivity contribution in [2.24, 2.45) is 0 Å². The number of hydrogen-bond acceptors (Lipinski definition) is 0. The van der Waals surface area contributed by atoms with Gasteiger partial charge in [0.2, 0.25) is 5.71 Å². The van der Waals surface area contributed by atoms with E-state index >= 15 is 0 Å². The molecule has 0 radical (unpaired) electrons. The van der Waals surface area contributed by atoms with Gasteiger partial charge in [0.25, 0.3) is 0 Å². The molecule has 0 fully saturated rings. The number of fused-ring (bicyclic) bond motifs is 1. The van der Waals surface area contributed by atoms with E-state index in [1.807, 2.05) is 0 Å². The van der Waals surface area contributed by atoms with Crippen LogP contribution in [0.2, 0.25) is 0 Å². The van der Waals surface area contributed by atoms with Gasteiger partial charge in [-0.2, -0.15) is 0 Å². The fourth-order valence-electron chi connectivity index (χ4n) is 2.65. The van der Waals surface area contributed by atoms with Crippen LogP contribution < -0.4 is 0 Å². The Hall–Kier alpha value is -1.67. The van der Waals surface area contributed by atoms with E-state index in [-0.39, 0.29) is 0 Å². The third-order valence-electron chi connectivity index (χ3n) is 3.75. The largest absolute Gasteiger partial charge is 0.228 e. The zero-order chi connectivity index (χ0) is 14.1. The summed E-state index contributed by atoms with van der Waals surface area (Å²) in [5.41, 5.74) is 6.58. The highest BCUT2D eigenvalue weighted by Crippen LogP contribution is 2.24. The second-order valence-corrected chi connectivity index (χ2v) is 6.15. The molecule has 0 bridgehead atoms. The highest BCUT2D eigenvalue weighted by molar-refractivity contribution is 9.10. The van der Waals surface area contributed by atoms with Crippen molar-refractivity contribution in [2.75, 3.05) is 7.05 Å². The molecule has 20 heavy (non-hydrogen) atoms. The molecule has 0 N–H and O–H groups in total. The average Bonchev–Trinajstić information content (AvgIpc) is 2.76. The lowest BCUT2D eigenvalue weighted by molar-refractivity contribution is -0.507. The minimum atomic E-state index is 0.983. The Morgan fingerprint density at radius 1 is 1.15 bits per heavy atom. The van der Waals surface area contributed by atoms with Crippen molar-refractivity contribution in [3.8, 4) is 0 Å². The Morgan fingerprint density at radius 2 is 1.90 bits per heavy atom. The second kappa shape index (κ2) is 5.37. The summed E-state index contributed by atoms with van der Waals surface area (Å²) in [6.45, 7) is 3.16. The molecular weight excluding hydrogens is 310 g/mol. The number of allylic oxidation sites excluding steroid dienone is 2. The summed E-state index contributed by atoms with van der Waals surface area (Å²) < 4.78 is 3.44. The van der Waals surface area contributed by atoms with E-state index in [0.29, 0.717) is 0 Å². The van der Waals surface area contributed by atoms with Gasteiger partial charge in [0.05, 0.1) is 5.56 Å². The van der Waals surface area contributed by atoms with Crippen LogP contribution in [-0.2, 0) is 6.54 Å². The lowest BCUT2D eigenvalue weighted by Gasteiger charge is -2.01. The lowest BCUT2D eigenvalue weighted by atomic mass is 10.0. The van der Waals surface area contributed by atoms with Crippen LogP contribution >= 0.6 is 15.9 Å². The third-order valence-corrected chi connectivity index (χ3v) is 4.24. The molecule has 0 aliphatic carbocycles. The number of rotatable bonds is 2. The first kappa shape index (κ1) is 13.3. The summed E-state index contributed by atoms with van der Waals surface area (Å²) in [4.78, 5) is 0. The van der Waals surface area contributed by atoms with Gasteiger partial charge >= 0.3 is 0 Å². The quantitative estimate of drug-likeness (QED) is 0.715. The van der Waals surface area contributed by atoms with Crippen molar-refractivity contribution >= 4 is 27.2 Å². The molecule has 0 spiro atoms. The predicted octanol–water partition coefficient (Wildman–Crippen LogP) is 4.50. The normalized spacial score (nSPS) is 14.7. The number of benzene rings is 2. The summed E-state index contributed by atoms with van der Waals surface area (Å²) in [6, 6.07) is 17.1. The molecule has 2 aromatic rings. The van der Waals surface area contributed by atoms with E-state index in [1.54, 1.807) is 0 Å².